The van der Waals surface area contributed by atoms with Gasteiger partial charge in [0, 0.05) is 32.5 Å². The fourth-order valence-corrected chi connectivity index (χ4v) is 7.28. The lowest BCUT2D eigenvalue weighted by molar-refractivity contribution is 0.0519. The van der Waals surface area contributed by atoms with Gasteiger partial charge in [-0.3, -0.25) is 0 Å². The number of halogens is 1. The van der Waals surface area contributed by atoms with Gasteiger partial charge in [0.05, 0.1) is 0 Å². The molecule has 0 aliphatic heterocycles. The zero-order valence-electron chi connectivity index (χ0n) is 20.2. The van der Waals surface area contributed by atoms with Gasteiger partial charge in [0.2, 0.25) is 0 Å². The Balaban J connectivity index is 2.05. The van der Waals surface area contributed by atoms with Crippen LogP contribution in [-0.4, -0.2) is 13.9 Å². The molecule has 0 spiro atoms. The first-order valence-corrected chi connectivity index (χ1v) is 12.8. The van der Waals surface area contributed by atoms with E-state index in [2.05, 4.69) is 87.8 Å². The summed E-state index contributed by atoms with van der Waals surface area (Å²) in [5.41, 5.74) is 7.87. The summed E-state index contributed by atoms with van der Waals surface area (Å²) in [6.45, 7) is 14.3. The van der Waals surface area contributed by atoms with Gasteiger partial charge >= 0.3 is 0 Å². The van der Waals surface area contributed by atoms with E-state index in [4.69, 9.17) is 9.47 Å². The highest BCUT2D eigenvalue weighted by Gasteiger charge is 2.41. The van der Waals surface area contributed by atoms with Crippen LogP contribution in [0.1, 0.15) is 62.1 Å². The van der Waals surface area contributed by atoms with E-state index in [1.54, 1.807) is 7.11 Å². The van der Waals surface area contributed by atoms with Gasteiger partial charge < -0.3 is 9.47 Å². The minimum Gasteiger partial charge on any atom is -0.466 e. The highest BCUT2D eigenvalue weighted by atomic mass is 79.9. The molecule has 1 heterocycles. The first-order chi connectivity index (χ1) is 15.1. The normalized spacial score (nSPS) is 16.6. The molecule has 0 saturated carbocycles. The van der Waals surface area contributed by atoms with E-state index in [1.807, 2.05) is 17.4 Å². The van der Waals surface area contributed by atoms with Crippen molar-refractivity contribution < 1.29 is 9.47 Å². The summed E-state index contributed by atoms with van der Waals surface area (Å²) >= 11 is 5.88. The van der Waals surface area contributed by atoms with Crippen LogP contribution in [0.25, 0.3) is 21.6 Å². The number of benzene rings is 2. The number of fused-ring (bicyclic) bond motifs is 1. The quantitative estimate of drug-likeness (QED) is 0.318. The summed E-state index contributed by atoms with van der Waals surface area (Å²) in [6.07, 6.45) is 2.42. The van der Waals surface area contributed by atoms with Crippen LogP contribution in [0.15, 0.2) is 40.9 Å². The Morgan fingerprint density at radius 1 is 1.00 bits per heavy atom. The largest absolute Gasteiger partial charge is 0.466 e. The maximum atomic E-state index is 6.31. The van der Waals surface area contributed by atoms with Crippen molar-refractivity contribution in [3.05, 3.63) is 62.4 Å². The van der Waals surface area contributed by atoms with Crippen molar-refractivity contribution in [3.63, 3.8) is 0 Å². The summed E-state index contributed by atoms with van der Waals surface area (Å²) in [6, 6.07) is 12.7. The Labute approximate surface area is 205 Å². The topological polar surface area (TPSA) is 18.5 Å². The number of hydrogen-bond acceptors (Lipinski definition) is 3. The highest BCUT2D eigenvalue weighted by Crippen LogP contribution is 2.56. The van der Waals surface area contributed by atoms with Gasteiger partial charge in [-0.15, -0.1) is 11.3 Å². The lowest BCUT2D eigenvalue weighted by Gasteiger charge is -2.39. The minimum absolute atomic E-state index is 0.176. The van der Waals surface area contributed by atoms with Gasteiger partial charge in [0.25, 0.3) is 0 Å². The molecule has 2 aromatic carbocycles. The fourth-order valence-electron chi connectivity index (χ4n) is 4.99. The van der Waals surface area contributed by atoms with E-state index < -0.39 is 0 Å². The van der Waals surface area contributed by atoms with E-state index in [9.17, 15) is 0 Å². The molecule has 0 atom stereocenters. The van der Waals surface area contributed by atoms with E-state index in [0.717, 1.165) is 26.9 Å². The van der Waals surface area contributed by atoms with Gasteiger partial charge in [-0.25, -0.2) is 0 Å². The van der Waals surface area contributed by atoms with Gasteiger partial charge in [0.1, 0.15) is 5.75 Å². The molecule has 0 unspecified atom stereocenters. The molecule has 170 valence electrons. The Morgan fingerprint density at radius 2 is 1.66 bits per heavy atom. The van der Waals surface area contributed by atoms with Crippen LogP contribution in [0.3, 0.4) is 0 Å². The van der Waals surface area contributed by atoms with Crippen LogP contribution >= 0.6 is 27.3 Å². The molecular formula is C28H33BrO2S. The van der Waals surface area contributed by atoms with Gasteiger partial charge in [0.15, 0.2) is 6.79 Å². The summed E-state index contributed by atoms with van der Waals surface area (Å²) in [4.78, 5) is 2.82. The molecule has 0 N–H and O–H groups in total. The Bertz CT molecular complexity index is 1140. The number of aryl methyl sites for hydroxylation is 1. The second-order valence-electron chi connectivity index (χ2n) is 10.2. The number of ether oxygens (including phenoxy) is 2. The molecule has 2 nitrogen and oxygen atoms in total. The van der Waals surface area contributed by atoms with Crippen molar-refractivity contribution in [1.29, 1.82) is 0 Å². The van der Waals surface area contributed by atoms with Crippen LogP contribution in [0.5, 0.6) is 5.75 Å². The lowest BCUT2D eigenvalue weighted by atomic mass is 9.66. The van der Waals surface area contributed by atoms with E-state index in [1.165, 1.54) is 39.3 Å². The van der Waals surface area contributed by atoms with Crippen molar-refractivity contribution in [2.24, 2.45) is 0 Å². The van der Waals surface area contributed by atoms with Gasteiger partial charge in [-0.1, -0.05) is 58.0 Å². The zero-order chi connectivity index (χ0) is 23.3. The average Bonchev–Trinajstić information content (AvgIpc) is 3.12. The second kappa shape index (κ2) is 8.62. The SMILES string of the molecule is COCOc1c(-c2ccccc2)cc(C)c(Br)c1-c1sc2c(c1C)C(C)(C)CCC2(C)C. The van der Waals surface area contributed by atoms with Crippen LogP contribution in [-0.2, 0) is 15.6 Å². The third kappa shape index (κ3) is 3.95. The number of thiophene rings is 1. The highest BCUT2D eigenvalue weighted by molar-refractivity contribution is 9.10. The van der Waals surface area contributed by atoms with Crippen LogP contribution < -0.4 is 4.74 Å². The maximum Gasteiger partial charge on any atom is 0.188 e. The van der Waals surface area contributed by atoms with Crippen LogP contribution in [0.2, 0.25) is 0 Å². The molecular weight excluding hydrogens is 480 g/mol. The molecule has 1 aromatic heterocycles. The van der Waals surface area contributed by atoms with Crippen molar-refractivity contribution >= 4 is 27.3 Å². The smallest absolute Gasteiger partial charge is 0.188 e. The summed E-state index contributed by atoms with van der Waals surface area (Å²) < 4.78 is 12.7. The van der Waals surface area contributed by atoms with E-state index in [0.29, 0.717) is 0 Å². The number of methoxy groups -OCH3 is 1. The molecule has 0 fully saturated rings. The van der Waals surface area contributed by atoms with E-state index >= 15 is 0 Å². The zero-order valence-corrected chi connectivity index (χ0v) is 22.6. The van der Waals surface area contributed by atoms with Crippen molar-refractivity contribution in [2.75, 3.05) is 13.9 Å². The molecule has 4 heteroatoms. The Morgan fingerprint density at radius 3 is 2.28 bits per heavy atom. The summed E-state index contributed by atoms with van der Waals surface area (Å²) in [7, 11) is 1.67. The summed E-state index contributed by atoms with van der Waals surface area (Å²) in [5, 5.41) is 0. The lowest BCUT2D eigenvalue weighted by Crippen LogP contribution is -2.32. The maximum absolute atomic E-state index is 6.31. The molecule has 4 rings (SSSR count). The Hall–Kier alpha value is -1.62. The minimum atomic E-state index is 0.176. The number of rotatable bonds is 5. The molecule has 0 radical (unpaired) electrons. The molecule has 3 aromatic rings. The molecule has 1 aliphatic carbocycles. The standard InChI is InChI=1S/C28H33BrO2S/c1-17-15-20(19-11-9-8-10-12-19)24(31-16-30-7)21(23(17)29)25-18(2)22-26(32-25)28(5,6)14-13-27(22,3)4/h8-12,15H,13-14,16H2,1-7H3. The Kier molecular flexibility index (Phi) is 6.34. The van der Waals surface area contributed by atoms with Crippen molar-refractivity contribution in [1.82, 2.24) is 0 Å². The second-order valence-corrected chi connectivity index (χ2v) is 12.0. The molecule has 0 bridgehead atoms. The molecule has 1 aliphatic rings. The predicted molar refractivity (Wildman–Crippen MR) is 140 cm³/mol. The van der Waals surface area contributed by atoms with Gasteiger partial charge in [-0.05, 0) is 81.8 Å². The van der Waals surface area contributed by atoms with Crippen LogP contribution in [0.4, 0.5) is 0 Å². The third-order valence-corrected chi connectivity index (χ3v) is 9.54. The van der Waals surface area contributed by atoms with Crippen molar-refractivity contribution in [2.45, 2.75) is 65.2 Å². The third-order valence-electron chi connectivity index (χ3n) is 6.84. The number of hydrogen-bond donors (Lipinski definition) is 0. The van der Waals surface area contributed by atoms with E-state index in [-0.39, 0.29) is 17.6 Å². The summed E-state index contributed by atoms with van der Waals surface area (Å²) in [5.74, 6) is 0.882. The van der Waals surface area contributed by atoms with Crippen molar-refractivity contribution in [3.8, 4) is 27.3 Å². The molecule has 0 saturated heterocycles. The van der Waals surface area contributed by atoms with Crippen LogP contribution in [0, 0.1) is 13.8 Å². The molecule has 32 heavy (non-hydrogen) atoms. The first-order valence-electron chi connectivity index (χ1n) is 11.2. The first kappa shape index (κ1) is 23.5. The monoisotopic (exact) mass is 512 g/mol. The molecule has 0 amide bonds. The predicted octanol–water partition coefficient (Wildman–Crippen LogP) is 8.79. The average molecular weight is 514 g/mol. The van der Waals surface area contributed by atoms with Gasteiger partial charge in [-0.2, -0.15) is 0 Å². The fraction of sp³-hybridized carbons (Fsp3) is 0.429.